The molecule has 7 heteroatoms. The lowest BCUT2D eigenvalue weighted by molar-refractivity contribution is 0.507. The highest BCUT2D eigenvalue weighted by molar-refractivity contribution is 7.71. The third kappa shape index (κ3) is 2.65. The number of aromatic amines is 1. The van der Waals surface area contributed by atoms with Crippen molar-refractivity contribution >= 4 is 12.2 Å². The summed E-state index contributed by atoms with van der Waals surface area (Å²) in [5, 5.41) is 10.8. The number of H-pyrrole nitrogens is 1. The van der Waals surface area contributed by atoms with Gasteiger partial charge in [-0.1, -0.05) is 20.8 Å². The zero-order valence-corrected chi connectivity index (χ0v) is 12.2. The Hall–Kier alpha value is -1.76. The van der Waals surface area contributed by atoms with Crippen LogP contribution < -0.4 is 5.56 Å². The van der Waals surface area contributed by atoms with Gasteiger partial charge >= 0.3 is 0 Å². The molecule has 0 spiro atoms. The molecular weight excluding hydrogens is 264 g/mol. The van der Waals surface area contributed by atoms with Gasteiger partial charge in [-0.25, -0.2) is 9.78 Å². The topological polar surface area (TPSA) is 76.7 Å². The SMILES string of the molecule is CCn1nc(C(C)(C)C)cc(-c2n[nH]c(=S)o2)c1=O. The first kappa shape index (κ1) is 13.7. The number of aromatic nitrogens is 4. The van der Waals surface area contributed by atoms with Crippen molar-refractivity contribution < 1.29 is 4.42 Å². The van der Waals surface area contributed by atoms with E-state index >= 15 is 0 Å². The van der Waals surface area contributed by atoms with Crippen molar-refractivity contribution in [3.63, 3.8) is 0 Å². The Morgan fingerprint density at radius 3 is 2.63 bits per heavy atom. The van der Waals surface area contributed by atoms with E-state index in [1.54, 1.807) is 6.07 Å². The van der Waals surface area contributed by atoms with Crippen LogP contribution in [0.25, 0.3) is 11.5 Å². The van der Waals surface area contributed by atoms with Gasteiger partial charge in [0.05, 0.1) is 5.69 Å². The molecule has 2 rings (SSSR count). The van der Waals surface area contributed by atoms with Gasteiger partial charge in [0.25, 0.3) is 16.3 Å². The molecule has 0 radical (unpaired) electrons. The van der Waals surface area contributed by atoms with Crippen LogP contribution in [0, 0.1) is 4.84 Å². The van der Waals surface area contributed by atoms with Crippen molar-refractivity contribution in [1.82, 2.24) is 20.0 Å². The van der Waals surface area contributed by atoms with Gasteiger partial charge in [-0.05, 0) is 25.2 Å². The molecule has 0 aliphatic carbocycles. The Balaban J connectivity index is 2.73. The van der Waals surface area contributed by atoms with Crippen LogP contribution in [0.15, 0.2) is 15.3 Å². The van der Waals surface area contributed by atoms with E-state index < -0.39 is 0 Å². The van der Waals surface area contributed by atoms with Crippen LogP contribution in [0.2, 0.25) is 0 Å². The summed E-state index contributed by atoms with van der Waals surface area (Å²) in [6.07, 6.45) is 0. The van der Waals surface area contributed by atoms with Crippen LogP contribution in [0.1, 0.15) is 33.4 Å². The summed E-state index contributed by atoms with van der Waals surface area (Å²) >= 11 is 4.83. The van der Waals surface area contributed by atoms with Gasteiger partial charge in [-0.3, -0.25) is 4.79 Å². The van der Waals surface area contributed by atoms with Crippen LogP contribution in [0.5, 0.6) is 0 Å². The maximum Gasteiger partial charge on any atom is 0.284 e. The fourth-order valence-electron chi connectivity index (χ4n) is 1.62. The van der Waals surface area contributed by atoms with E-state index in [0.717, 1.165) is 5.69 Å². The zero-order valence-electron chi connectivity index (χ0n) is 11.4. The van der Waals surface area contributed by atoms with Gasteiger partial charge in [0, 0.05) is 12.0 Å². The summed E-state index contributed by atoms with van der Waals surface area (Å²) < 4.78 is 6.63. The average Bonchev–Trinajstić information content (AvgIpc) is 2.74. The summed E-state index contributed by atoms with van der Waals surface area (Å²) in [5.74, 6) is 0.199. The summed E-state index contributed by atoms with van der Waals surface area (Å²) in [7, 11) is 0. The van der Waals surface area contributed by atoms with Crippen molar-refractivity contribution in [2.75, 3.05) is 0 Å². The molecule has 0 aliphatic heterocycles. The van der Waals surface area contributed by atoms with Crippen LogP contribution in [-0.2, 0) is 12.0 Å². The van der Waals surface area contributed by atoms with Gasteiger partial charge in [0.1, 0.15) is 5.56 Å². The quantitative estimate of drug-likeness (QED) is 0.854. The number of rotatable bonds is 2. The maximum absolute atomic E-state index is 12.2. The number of nitrogens with zero attached hydrogens (tertiary/aromatic N) is 3. The van der Waals surface area contributed by atoms with Crippen LogP contribution in [0.3, 0.4) is 0 Å². The molecule has 0 saturated carbocycles. The Kier molecular flexibility index (Phi) is 3.40. The second-order valence-corrected chi connectivity index (χ2v) is 5.60. The maximum atomic E-state index is 12.2. The number of hydrogen-bond donors (Lipinski definition) is 1. The van der Waals surface area contributed by atoms with Crippen molar-refractivity contribution in [2.45, 2.75) is 39.7 Å². The van der Waals surface area contributed by atoms with Gasteiger partial charge in [-0.2, -0.15) is 5.10 Å². The first-order valence-corrected chi connectivity index (χ1v) is 6.42. The van der Waals surface area contributed by atoms with E-state index in [9.17, 15) is 4.79 Å². The lowest BCUT2D eigenvalue weighted by Gasteiger charge is -2.19. The van der Waals surface area contributed by atoms with E-state index in [2.05, 4.69) is 15.3 Å². The summed E-state index contributed by atoms with van der Waals surface area (Å²) in [5.41, 5.74) is 0.759. The summed E-state index contributed by atoms with van der Waals surface area (Å²) in [4.78, 5) is 12.4. The third-order valence-electron chi connectivity index (χ3n) is 2.71. The molecule has 102 valence electrons. The van der Waals surface area contributed by atoms with E-state index in [1.807, 2.05) is 27.7 Å². The Morgan fingerprint density at radius 2 is 2.16 bits per heavy atom. The molecule has 0 amide bonds. The molecule has 0 atom stereocenters. The molecule has 0 fully saturated rings. The standard InChI is InChI=1S/C12H16N4O2S/c1-5-16-10(17)7(9-13-14-11(19)18-9)6-8(15-16)12(2,3)4/h6H,5H2,1-4H3,(H,14,19). The molecule has 0 aliphatic rings. The molecule has 1 N–H and O–H groups in total. The minimum atomic E-state index is -0.235. The van der Waals surface area contributed by atoms with Crippen LogP contribution in [0.4, 0.5) is 0 Å². The molecule has 2 heterocycles. The number of aryl methyl sites for hydroxylation is 1. The van der Waals surface area contributed by atoms with Crippen LogP contribution in [-0.4, -0.2) is 20.0 Å². The van der Waals surface area contributed by atoms with Gasteiger partial charge in [0.15, 0.2) is 0 Å². The highest BCUT2D eigenvalue weighted by Crippen LogP contribution is 2.22. The molecule has 19 heavy (non-hydrogen) atoms. The normalized spacial score (nSPS) is 11.8. The zero-order chi connectivity index (χ0) is 14.2. The molecule has 0 bridgehead atoms. The smallest absolute Gasteiger partial charge is 0.284 e. The Bertz CT molecular complexity index is 705. The molecule has 0 aromatic carbocycles. The van der Waals surface area contributed by atoms with Gasteiger partial charge in [0.2, 0.25) is 0 Å². The summed E-state index contributed by atoms with van der Waals surface area (Å²) in [6.45, 7) is 8.45. The van der Waals surface area contributed by atoms with Crippen molar-refractivity contribution in [2.24, 2.45) is 0 Å². The van der Waals surface area contributed by atoms with E-state index in [0.29, 0.717) is 12.1 Å². The minimum Gasteiger partial charge on any atom is -0.409 e. The fraction of sp³-hybridized carbons (Fsp3) is 0.500. The van der Waals surface area contributed by atoms with Crippen molar-refractivity contribution in [3.05, 3.63) is 27.0 Å². The highest BCUT2D eigenvalue weighted by atomic mass is 32.1. The van der Waals surface area contributed by atoms with E-state index in [-0.39, 0.29) is 21.7 Å². The van der Waals surface area contributed by atoms with Crippen molar-refractivity contribution in [1.29, 1.82) is 0 Å². The molecule has 6 nitrogen and oxygen atoms in total. The second kappa shape index (κ2) is 4.73. The molecule has 2 aromatic heterocycles. The Labute approximate surface area is 115 Å². The molecule has 2 aromatic rings. The second-order valence-electron chi connectivity index (χ2n) is 5.23. The number of hydrogen-bond acceptors (Lipinski definition) is 5. The first-order valence-electron chi connectivity index (χ1n) is 6.01. The van der Waals surface area contributed by atoms with Crippen molar-refractivity contribution in [3.8, 4) is 11.5 Å². The summed E-state index contributed by atoms with van der Waals surface area (Å²) in [6, 6.07) is 1.71. The van der Waals surface area contributed by atoms with Crippen LogP contribution >= 0.6 is 12.2 Å². The lowest BCUT2D eigenvalue weighted by Crippen LogP contribution is -2.28. The minimum absolute atomic E-state index is 0.145. The third-order valence-corrected chi connectivity index (χ3v) is 2.89. The monoisotopic (exact) mass is 280 g/mol. The average molecular weight is 280 g/mol. The predicted octanol–water partition coefficient (Wildman–Crippen LogP) is 2.27. The van der Waals surface area contributed by atoms with Gasteiger partial charge < -0.3 is 4.42 Å². The largest absolute Gasteiger partial charge is 0.409 e. The van der Waals surface area contributed by atoms with E-state index in [1.165, 1.54) is 4.68 Å². The first-order chi connectivity index (χ1) is 8.82. The molecule has 0 unspecified atom stereocenters. The lowest BCUT2D eigenvalue weighted by atomic mass is 9.91. The molecular formula is C12H16N4O2S. The predicted molar refractivity (Wildman–Crippen MR) is 73.6 cm³/mol. The van der Waals surface area contributed by atoms with Gasteiger partial charge in [-0.15, -0.1) is 5.10 Å². The number of nitrogens with one attached hydrogen (secondary N) is 1. The molecule has 0 saturated heterocycles. The highest BCUT2D eigenvalue weighted by Gasteiger charge is 2.21. The fourth-order valence-corrected chi connectivity index (χ4v) is 1.75. The van der Waals surface area contributed by atoms with E-state index in [4.69, 9.17) is 16.6 Å². The Morgan fingerprint density at radius 1 is 1.47 bits per heavy atom.